The molecule has 2 aromatic carbocycles. The van der Waals surface area contributed by atoms with Gasteiger partial charge in [0.15, 0.2) is 0 Å². The smallest absolute Gasteiger partial charge is 0.253 e. The number of piperidine rings is 1. The van der Waals surface area contributed by atoms with Gasteiger partial charge in [-0.2, -0.15) is 0 Å². The number of methoxy groups -OCH3 is 2. The first kappa shape index (κ1) is 74.4. The summed E-state index contributed by atoms with van der Waals surface area (Å²) in [5.41, 5.74) is 7.20. The number of hydrogen-bond donors (Lipinski definition) is 5. The van der Waals surface area contributed by atoms with E-state index in [1.165, 1.54) is 31.3 Å². The third kappa shape index (κ3) is 20.2. The summed E-state index contributed by atoms with van der Waals surface area (Å²) >= 11 is 0. The number of imide groups is 1. The van der Waals surface area contributed by atoms with E-state index in [1.54, 1.807) is 52.9 Å². The van der Waals surface area contributed by atoms with E-state index in [9.17, 15) is 38.4 Å². The lowest BCUT2D eigenvalue weighted by molar-refractivity contribution is -0.160. The standard InChI is InChI=1S/C68H102N8O16/c1-9-46(4)61(73(6)67(86)60(45(2)3)68-29-27-50(43-68)62(64(69)83)76(68)58(81)28-33-89-35-37-91-39-40-92-38-36-90-34-32-77)54(87-7)42-59(82)74-31-16-19-53(74)63(88-8)47(5)65(84)72-52(41-48-17-12-10-13-18-48)66(85)71-51-23-21-49(22-24-51)44-70-55(78)20-14-11-15-30-75-56(79)25-26-57(75)80/h10,12-13,17-18,21-26,45-47,50,52-54,60-63,77H,9,11,14-16,19-20,27-44H2,1-8H3,(H2,69,83)(H,70,78)(H,71,85)(H,72,84)/t46-,47+,50?,52-,53-,54+,60+,61-,62?,63+,68?/m0/s1. The summed E-state index contributed by atoms with van der Waals surface area (Å²) in [5.74, 6) is -5.25. The Morgan fingerprint density at radius 3 is 2.00 bits per heavy atom. The number of likely N-dealkylation sites (tertiary alicyclic amines) is 2. The van der Waals surface area contributed by atoms with Gasteiger partial charge in [0.2, 0.25) is 41.4 Å². The van der Waals surface area contributed by atoms with Crippen LogP contribution in [0.1, 0.15) is 123 Å². The first-order valence-corrected chi connectivity index (χ1v) is 32.9. The molecule has 4 aliphatic rings. The Bertz CT molecular complexity index is 2750. The van der Waals surface area contributed by atoms with E-state index in [0.29, 0.717) is 109 Å². The molecule has 2 saturated heterocycles. The second kappa shape index (κ2) is 37.3. The van der Waals surface area contributed by atoms with Gasteiger partial charge < -0.3 is 69.9 Å². The summed E-state index contributed by atoms with van der Waals surface area (Å²) in [5, 5.41) is 17.7. The molecule has 24 heteroatoms. The highest BCUT2D eigenvalue weighted by molar-refractivity contribution is 6.12. The highest BCUT2D eigenvalue weighted by Gasteiger charge is 2.65. The molecule has 3 heterocycles. The van der Waals surface area contributed by atoms with E-state index in [4.69, 9.17) is 39.3 Å². The molecule has 0 radical (unpaired) electrons. The molecular formula is C68H102N8O16. The molecule has 1 aliphatic carbocycles. The molecule has 6 N–H and O–H groups in total. The number of likely N-dealkylation sites (N-methyl/N-ethyl adjacent to an activating group) is 1. The zero-order valence-corrected chi connectivity index (χ0v) is 55.3. The number of primary amides is 1. The third-order valence-electron chi connectivity index (χ3n) is 18.7. The SMILES string of the molecule is CC[C@H](C)[C@@H]([C@@H](CC(=O)N1CCC[C@H]1[C@H](OC)[C@@H](C)C(=O)N[C@@H](Cc1ccccc1)C(=O)Nc1ccc(CNC(=O)CCCCCN2C(=O)C=CC2=O)cc1)OC)N(C)C(=O)[C@@H](C(C)C)C12CCC(C1)C(C(N)=O)N2C(=O)CCOCCOCCOCCOCCO. The predicted molar refractivity (Wildman–Crippen MR) is 343 cm³/mol. The summed E-state index contributed by atoms with van der Waals surface area (Å²) < 4.78 is 34.4. The van der Waals surface area contributed by atoms with Gasteiger partial charge in [-0.15, -0.1) is 0 Å². The van der Waals surface area contributed by atoms with E-state index < -0.39 is 71.5 Å². The number of fused-ring (bicyclic) bond motifs is 2. The van der Waals surface area contributed by atoms with Gasteiger partial charge in [-0.1, -0.05) is 89.9 Å². The fourth-order valence-electron chi connectivity index (χ4n) is 14.0. The maximum absolute atomic E-state index is 15.5. The largest absolute Gasteiger partial charge is 0.394 e. The molecule has 1 saturated carbocycles. The molecule has 0 spiro atoms. The van der Waals surface area contributed by atoms with Gasteiger partial charge in [0.25, 0.3) is 11.8 Å². The number of nitrogens with two attached hydrogens (primary N) is 1. The first-order valence-electron chi connectivity index (χ1n) is 32.9. The van der Waals surface area contributed by atoms with Crippen LogP contribution in [0.4, 0.5) is 5.69 Å². The van der Waals surface area contributed by atoms with Gasteiger partial charge >= 0.3 is 0 Å². The number of aliphatic hydroxyl groups excluding tert-OH is 1. The van der Waals surface area contributed by atoms with E-state index in [1.807, 2.05) is 58.0 Å². The van der Waals surface area contributed by atoms with Crippen molar-refractivity contribution >= 4 is 58.9 Å². The Hall–Kier alpha value is -6.67. The normalized spacial score (nSPS) is 20.8. The number of nitrogens with one attached hydrogen (secondary N) is 3. The van der Waals surface area contributed by atoms with Crippen LogP contribution in [0.25, 0.3) is 0 Å². The first-order chi connectivity index (χ1) is 44.2. The average molecular weight is 1290 g/mol. The van der Waals surface area contributed by atoms with Crippen molar-refractivity contribution in [2.45, 2.75) is 167 Å². The Balaban J connectivity index is 1.06. The van der Waals surface area contributed by atoms with Gasteiger partial charge in [-0.3, -0.25) is 48.1 Å². The zero-order valence-electron chi connectivity index (χ0n) is 55.3. The number of ether oxygens (including phenoxy) is 6. The molecule has 510 valence electrons. The van der Waals surface area contributed by atoms with E-state index in [2.05, 4.69) is 16.0 Å². The number of nitrogens with zero attached hydrogens (tertiary/aromatic N) is 4. The lowest BCUT2D eigenvalue weighted by Gasteiger charge is -2.49. The fourth-order valence-corrected chi connectivity index (χ4v) is 14.0. The van der Waals surface area contributed by atoms with Crippen molar-refractivity contribution in [3.63, 3.8) is 0 Å². The van der Waals surface area contributed by atoms with E-state index >= 15 is 4.79 Å². The monoisotopic (exact) mass is 1290 g/mol. The molecule has 3 aliphatic heterocycles. The van der Waals surface area contributed by atoms with Crippen LogP contribution in [-0.4, -0.2) is 214 Å². The minimum absolute atomic E-state index is 0.0336. The lowest BCUT2D eigenvalue weighted by atomic mass is 9.73. The van der Waals surface area contributed by atoms with Gasteiger partial charge in [-0.05, 0) is 86.0 Å². The molecule has 92 heavy (non-hydrogen) atoms. The van der Waals surface area contributed by atoms with Gasteiger partial charge in [0, 0.05) is 71.6 Å². The van der Waals surface area contributed by atoms with Crippen LogP contribution in [-0.2, 0) is 84.5 Å². The molecule has 2 aromatic rings. The molecular weight excluding hydrogens is 1180 g/mol. The van der Waals surface area contributed by atoms with Crippen LogP contribution < -0.4 is 21.7 Å². The van der Waals surface area contributed by atoms with Crippen molar-refractivity contribution < 1.29 is 76.7 Å². The van der Waals surface area contributed by atoms with Crippen LogP contribution in [0.3, 0.4) is 0 Å². The topological polar surface area (TPSA) is 304 Å². The fraction of sp³-hybridized carbons (Fsp3) is 0.662. The van der Waals surface area contributed by atoms with Crippen molar-refractivity contribution in [3.8, 4) is 0 Å². The van der Waals surface area contributed by atoms with Crippen molar-refractivity contribution in [3.05, 3.63) is 77.9 Å². The minimum Gasteiger partial charge on any atom is -0.394 e. The number of hydrogen-bond acceptors (Lipinski definition) is 16. The van der Waals surface area contributed by atoms with Gasteiger partial charge in [0.1, 0.15) is 12.1 Å². The maximum atomic E-state index is 15.5. The number of aliphatic hydroxyl groups is 1. The molecule has 6 rings (SSSR count). The maximum Gasteiger partial charge on any atom is 0.253 e. The summed E-state index contributed by atoms with van der Waals surface area (Å²) in [6.45, 7) is 12.9. The van der Waals surface area contributed by atoms with Crippen LogP contribution in [0.15, 0.2) is 66.7 Å². The minimum atomic E-state index is -1.01. The average Bonchev–Trinajstić information content (AvgIpc) is 1.55. The van der Waals surface area contributed by atoms with Crippen LogP contribution in [0.2, 0.25) is 0 Å². The Morgan fingerprint density at radius 2 is 1.40 bits per heavy atom. The molecule has 2 bridgehead atoms. The molecule has 9 amide bonds. The van der Waals surface area contributed by atoms with Crippen molar-refractivity contribution in [2.24, 2.45) is 35.3 Å². The number of benzene rings is 2. The third-order valence-corrected chi connectivity index (χ3v) is 18.7. The second-order valence-electron chi connectivity index (χ2n) is 25.1. The number of rotatable bonds is 42. The van der Waals surface area contributed by atoms with Crippen molar-refractivity contribution in [1.29, 1.82) is 0 Å². The van der Waals surface area contributed by atoms with E-state index in [-0.39, 0.29) is 112 Å². The Morgan fingerprint density at radius 1 is 0.761 bits per heavy atom. The molecule has 0 aromatic heterocycles. The number of carbonyl (C=O) groups excluding carboxylic acids is 9. The van der Waals surface area contributed by atoms with Crippen LogP contribution >= 0.6 is 0 Å². The highest BCUT2D eigenvalue weighted by atomic mass is 16.6. The summed E-state index contributed by atoms with van der Waals surface area (Å²) in [6.07, 6.45) is 6.63. The summed E-state index contributed by atoms with van der Waals surface area (Å²) in [7, 11) is 4.78. The lowest BCUT2D eigenvalue weighted by Crippen LogP contribution is -2.64. The molecule has 24 nitrogen and oxygen atoms in total. The number of unbranched alkanes of at least 4 members (excludes halogenated alkanes) is 2. The predicted octanol–water partition coefficient (Wildman–Crippen LogP) is 4.33. The second-order valence-corrected chi connectivity index (χ2v) is 25.1. The van der Waals surface area contributed by atoms with Gasteiger partial charge in [0.05, 0.1) is 114 Å². The quantitative estimate of drug-likeness (QED) is 0.0456. The Labute approximate surface area is 542 Å². The molecule has 3 fully saturated rings. The van der Waals surface area contributed by atoms with E-state index in [0.717, 1.165) is 11.1 Å². The zero-order chi connectivity index (χ0) is 66.9. The van der Waals surface area contributed by atoms with Gasteiger partial charge in [-0.25, -0.2) is 0 Å². The number of amides is 9. The summed E-state index contributed by atoms with van der Waals surface area (Å²) in [4.78, 5) is 129. The Kier molecular flexibility index (Phi) is 30.1. The molecule has 3 unspecified atom stereocenters. The highest BCUT2D eigenvalue weighted by Crippen LogP contribution is 2.56. The van der Waals surface area contributed by atoms with Crippen LogP contribution in [0.5, 0.6) is 0 Å². The summed E-state index contributed by atoms with van der Waals surface area (Å²) in [6, 6.07) is 13.4. The van der Waals surface area contributed by atoms with Crippen molar-refractivity contribution in [1.82, 2.24) is 30.2 Å². The molecule has 11 atom stereocenters. The number of anilines is 1. The van der Waals surface area contributed by atoms with Crippen molar-refractivity contribution in [2.75, 3.05) is 99.1 Å². The van der Waals surface area contributed by atoms with Crippen LogP contribution in [0, 0.1) is 29.6 Å². The number of carbonyl (C=O) groups is 9.